The molecule has 4 amide bonds. The van der Waals surface area contributed by atoms with Crippen LogP contribution in [0.2, 0.25) is 0 Å². The van der Waals surface area contributed by atoms with Crippen molar-refractivity contribution in [3.05, 3.63) is 129 Å². The smallest absolute Gasteiger partial charge is 0.260 e. The van der Waals surface area contributed by atoms with Crippen LogP contribution in [-0.4, -0.2) is 33.7 Å². The van der Waals surface area contributed by atoms with Gasteiger partial charge in [-0.3, -0.25) is 29.5 Å². The van der Waals surface area contributed by atoms with E-state index in [1.807, 2.05) is 79.7 Å². The number of aliphatic hydroxyl groups excluding tert-OH is 1. The van der Waals surface area contributed by atoms with Gasteiger partial charge in [0.15, 0.2) is 0 Å². The molecule has 2 aliphatic carbocycles. The first-order valence-electron chi connectivity index (χ1n) is 16.0. The Labute approximate surface area is 290 Å². The Kier molecular flexibility index (Phi) is 7.40. The summed E-state index contributed by atoms with van der Waals surface area (Å²) < 4.78 is 7.22. The van der Waals surface area contributed by atoms with Crippen molar-refractivity contribution in [3.63, 3.8) is 0 Å². The topological polar surface area (TPSA) is 120 Å². The molecule has 0 spiro atoms. The van der Waals surface area contributed by atoms with Crippen molar-refractivity contribution in [2.75, 3.05) is 10.3 Å². The summed E-state index contributed by atoms with van der Waals surface area (Å²) >= 11 is 2.18. The van der Waals surface area contributed by atoms with Crippen LogP contribution >= 0.6 is 22.6 Å². The zero-order valence-corrected chi connectivity index (χ0v) is 28.2. The molecule has 2 saturated heterocycles. The number of nitrogens with zero attached hydrogens (tertiary/aromatic N) is 2. The fourth-order valence-corrected chi connectivity index (χ4v) is 8.89. The fourth-order valence-electron chi connectivity index (χ4n) is 8.53. The SMILES string of the molecule is Cc1ccc(NN2C(=O)[C@@H]3C[C@@H]4C(=CC[C@@H]5C(=O)N(c6ccc(I)cc6)C(=O)[C@@H]54)[C@H](c4ccc(CO)o4)[C@]3(c3ccccc3)C2=O)cc1. The summed E-state index contributed by atoms with van der Waals surface area (Å²) in [6, 6.07) is 27.4. The van der Waals surface area contributed by atoms with E-state index >= 15 is 4.79 Å². The number of anilines is 2. The summed E-state index contributed by atoms with van der Waals surface area (Å²) in [5.41, 5.74) is 5.28. The predicted octanol–water partition coefficient (Wildman–Crippen LogP) is 5.87. The summed E-state index contributed by atoms with van der Waals surface area (Å²) in [4.78, 5) is 59.3. The number of halogens is 1. The highest BCUT2D eigenvalue weighted by molar-refractivity contribution is 14.1. The Morgan fingerprint density at radius 1 is 0.875 bits per heavy atom. The largest absolute Gasteiger partial charge is 0.463 e. The number of hydrazine groups is 1. The van der Waals surface area contributed by atoms with E-state index in [1.165, 1.54) is 4.90 Å². The summed E-state index contributed by atoms with van der Waals surface area (Å²) in [7, 11) is 0. The fraction of sp³-hybridized carbons (Fsp3) is 0.263. The Bertz CT molecular complexity index is 1990. The van der Waals surface area contributed by atoms with Crippen LogP contribution in [0.25, 0.3) is 0 Å². The molecule has 2 N–H and O–H groups in total. The number of nitrogens with one attached hydrogen (secondary N) is 1. The van der Waals surface area contributed by atoms with E-state index in [-0.39, 0.29) is 24.8 Å². The van der Waals surface area contributed by atoms with Gasteiger partial charge in [-0.25, -0.2) is 0 Å². The molecule has 4 aromatic rings. The second kappa shape index (κ2) is 11.6. The molecule has 9 nitrogen and oxygen atoms in total. The van der Waals surface area contributed by atoms with Crippen molar-refractivity contribution in [3.8, 4) is 0 Å². The van der Waals surface area contributed by atoms with Crippen LogP contribution in [0.3, 0.4) is 0 Å². The predicted molar refractivity (Wildman–Crippen MR) is 185 cm³/mol. The van der Waals surface area contributed by atoms with Crippen molar-refractivity contribution >= 4 is 57.6 Å². The number of carbonyl (C=O) groups excluding carboxylic acids is 4. The van der Waals surface area contributed by atoms with Gasteiger partial charge in [0.25, 0.3) is 11.8 Å². The van der Waals surface area contributed by atoms with Crippen molar-refractivity contribution in [1.29, 1.82) is 0 Å². The number of benzene rings is 3. The van der Waals surface area contributed by atoms with Gasteiger partial charge in [-0.2, -0.15) is 5.01 Å². The lowest BCUT2D eigenvalue weighted by Gasteiger charge is -2.49. The maximum Gasteiger partial charge on any atom is 0.260 e. The van der Waals surface area contributed by atoms with E-state index in [9.17, 15) is 19.5 Å². The standard InChI is InChI=1S/C38H32IN3O6/c1-21-7-11-24(12-8-21)40-42-35(45)30-19-29-27(16-17-28-32(29)36(46)41(34(28)44)25-13-9-23(39)10-14-25)33(31-18-15-26(20-43)48-31)38(30,37(42)47)22-5-3-2-4-6-22/h2-16,18,28-30,32-33,40,43H,17,19-20H2,1H3/t28-,29+,30-,32-,33+,38+/m0/s1. The molecular weight excluding hydrogens is 721 g/mol. The molecule has 48 heavy (non-hydrogen) atoms. The number of carbonyl (C=O) groups is 4. The maximum atomic E-state index is 15.1. The number of aryl methyl sites for hydroxylation is 1. The number of aliphatic hydroxyl groups is 1. The van der Waals surface area contributed by atoms with Gasteiger partial charge in [-0.15, -0.1) is 0 Å². The van der Waals surface area contributed by atoms with Crippen LogP contribution in [-0.2, 0) is 31.2 Å². The lowest BCUT2D eigenvalue weighted by atomic mass is 9.50. The van der Waals surface area contributed by atoms with Gasteiger partial charge in [0.05, 0.1) is 35.0 Å². The molecular formula is C38H32IN3O6. The van der Waals surface area contributed by atoms with Crippen molar-refractivity contribution in [1.82, 2.24) is 5.01 Å². The number of hydrogen-bond donors (Lipinski definition) is 2. The van der Waals surface area contributed by atoms with Crippen molar-refractivity contribution in [2.24, 2.45) is 23.7 Å². The zero-order chi connectivity index (χ0) is 33.3. The van der Waals surface area contributed by atoms with Crippen LogP contribution in [0.1, 0.15) is 41.4 Å². The number of furan rings is 1. The summed E-state index contributed by atoms with van der Waals surface area (Å²) in [5.74, 6) is -4.09. The molecule has 6 atom stereocenters. The molecule has 8 rings (SSSR count). The third-order valence-corrected chi connectivity index (χ3v) is 11.3. The Balaban J connectivity index is 1.30. The molecule has 4 aliphatic rings. The van der Waals surface area contributed by atoms with E-state index in [0.29, 0.717) is 34.9 Å². The Morgan fingerprint density at radius 3 is 2.29 bits per heavy atom. The van der Waals surface area contributed by atoms with Crippen molar-refractivity contribution < 1.29 is 28.7 Å². The molecule has 2 aliphatic heterocycles. The van der Waals surface area contributed by atoms with Crippen molar-refractivity contribution in [2.45, 2.75) is 37.7 Å². The number of fused-ring (bicyclic) bond motifs is 4. The molecule has 3 fully saturated rings. The minimum absolute atomic E-state index is 0.197. The van der Waals surface area contributed by atoms with Gasteiger partial charge in [0.1, 0.15) is 23.5 Å². The Morgan fingerprint density at radius 2 is 1.60 bits per heavy atom. The molecule has 3 heterocycles. The molecule has 0 radical (unpaired) electrons. The first kappa shape index (κ1) is 30.8. The zero-order valence-electron chi connectivity index (χ0n) is 26.0. The second-order valence-electron chi connectivity index (χ2n) is 13.0. The molecule has 3 aromatic carbocycles. The van der Waals surface area contributed by atoms with Gasteiger partial charge in [0, 0.05) is 3.57 Å². The molecule has 10 heteroatoms. The highest BCUT2D eigenvalue weighted by Crippen LogP contribution is 2.64. The average Bonchev–Trinajstić information content (AvgIpc) is 3.74. The van der Waals surface area contributed by atoms with Gasteiger partial charge < -0.3 is 9.52 Å². The van der Waals surface area contributed by atoms with Crippen LogP contribution in [0.4, 0.5) is 11.4 Å². The normalized spacial score (nSPS) is 27.9. The molecule has 1 aromatic heterocycles. The first-order valence-corrected chi connectivity index (χ1v) is 17.1. The van der Waals surface area contributed by atoms with Crippen LogP contribution in [0, 0.1) is 34.2 Å². The number of hydrogen-bond acceptors (Lipinski definition) is 7. The number of allylic oxidation sites excluding steroid dienone is 2. The van der Waals surface area contributed by atoms with Crippen LogP contribution in [0.15, 0.2) is 107 Å². The summed E-state index contributed by atoms with van der Waals surface area (Å²) in [6.07, 6.45) is 2.51. The van der Waals surface area contributed by atoms with Crippen LogP contribution in [0.5, 0.6) is 0 Å². The van der Waals surface area contributed by atoms with Gasteiger partial charge in [0.2, 0.25) is 11.8 Å². The summed E-state index contributed by atoms with van der Waals surface area (Å²) in [6.45, 7) is 1.62. The minimum atomic E-state index is -1.42. The lowest BCUT2D eigenvalue weighted by Crippen LogP contribution is -2.53. The maximum absolute atomic E-state index is 15.1. The van der Waals surface area contributed by atoms with E-state index in [0.717, 1.165) is 19.7 Å². The highest BCUT2D eigenvalue weighted by Gasteiger charge is 2.71. The summed E-state index contributed by atoms with van der Waals surface area (Å²) in [5, 5.41) is 11.1. The van der Waals surface area contributed by atoms with Gasteiger partial charge >= 0.3 is 0 Å². The van der Waals surface area contributed by atoms with Gasteiger partial charge in [-0.1, -0.05) is 59.7 Å². The number of imide groups is 2. The molecule has 0 bridgehead atoms. The van der Waals surface area contributed by atoms with E-state index in [4.69, 9.17) is 4.42 Å². The monoisotopic (exact) mass is 753 g/mol. The Hall–Kier alpha value is -4.55. The highest BCUT2D eigenvalue weighted by atomic mass is 127. The molecule has 242 valence electrons. The van der Waals surface area contributed by atoms with E-state index in [1.54, 1.807) is 24.3 Å². The third kappa shape index (κ3) is 4.45. The van der Waals surface area contributed by atoms with Gasteiger partial charge in [-0.05, 0) is 102 Å². The average molecular weight is 754 g/mol. The minimum Gasteiger partial charge on any atom is -0.463 e. The molecule has 0 unspecified atom stereocenters. The third-order valence-electron chi connectivity index (χ3n) is 10.6. The molecule has 1 saturated carbocycles. The number of rotatable bonds is 6. The van der Waals surface area contributed by atoms with Crippen LogP contribution < -0.4 is 10.3 Å². The number of amides is 4. The quantitative estimate of drug-likeness (QED) is 0.144. The lowest BCUT2D eigenvalue weighted by molar-refractivity contribution is -0.138. The second-order valence-corrected chi connectivity index (χ2v) is 14.3. The van der Waals surface area contributed by atoms with E-state index in [2.05, 4.69) is 28.0 Å². The first-order chi connectivity index (χ1) is 23.2. The van der Waals surface area contributed by atoms with E-state index < -0.39 is 46.8 Å².